The van der Waals surface area contributed by atoms with Crippen molar-refractivity contribution in [3.63, 3.8) is 0 Å². The lowest BCUT2D eigenvalue weighted by Gasteiger charge is -2.22. The first-order valence-electron chi connectivity index (χ1n) is 23.0. The Kier molecular flexibility index (Phi) is 11.2. The van der Waals surface area contributed by atoms with Gasteiger partial charge in [0.1, 0.15) is 0 Å². The van der Waals surface area contributed by atoms with E-state index in [-0.39, 0.29) is 0 Å². The Morgan fingerprint density at radius 1 is 0.338 bits per heavy atom. The molecule has 0 unspecified atom stereocenters. The molecule has 2 heterocycles. The molecule has 0 aliphatic heterocycles. The van der Waals surface area contributed by atoms with E-state index in [1.807, 2.05) is 117 Å². The molecule has 11 aromatic rings. The molecule has 346 valence electrons. The van der Waals surface area contributed by atoms with Crippen LogP contribution in [0.4, 0.5) is 26.3 Å². The molecule has 0 saturated carbocycles. The zero-order valence-corrected chi connectivity index (χ0v) is 38.3. The number of rotatable bonds is 8. The highest BCUT2D eigenvalue weighted by Crippen LogP contribution is 2.46. The van der Waals surface area contributed by atoms with Crippen molar-refractivity contribution in [1.29, 1.82) is 0 Å². The van der Waals surface area contributed by atoms with E-state index in [0.29, 0.717) is 50.7 Å². The molecular weight excluding hydrogens is 901 g/mol. The molecule has 0 spiro atoms. The normalized spacial score (nSPS) is 11.9. The summed E-state index contributed by atoms with van der Waals surface area (Å²) in [5, 5.41) is 1.81. The van der Waals surface area contributed by atoms with Gasteiger partial charge in [-0.05, 0) is 114 Å². The van der Waals surface area contributed by atoms with Crippen LogP contribution in [0.2, 0.25) is 0 Å². The van der Waals surface area contributed by atoms with Crippen molar-refractivity contribution < 1.29 is 26.3 Å². The van der Waals surface area contributed by atoms with Crippen LogP contribution < -0.4 is 0 Å². The molecule has 0 fully saturated rings. The largest absolute Gasteiger partial charge is 0.416 e. The number of aromatic nitrogens is 3. The summed E-state index contributed by atoms with van der Waals surface area (Å²) < 4.78 is 87.7. The number of fused-ring (bicyclic) bond motifs is 3. The maximum atomic E-state index is 14.3. The third kappa shape index (κ3) is 8.76. The molecule has 9 heteroatoms. The Labute approximate surface area is 406 Å². The van der Waals surface area contributed by atoms with E-state index in [1.54, 1.807) is 0 Å². The summed E-state index contributed by atoms with van der Waals surface area (Å²) >= 11 is 0. The smallest absolute Gasteiger partial charge is 0.308 e. The molecule has 3 nitrogen and oxygen atoms in total. The summed E-state index contributed by atoms with van der Waals surface area (Å²) in [6, 6.07) is 63.9. The second-order valence-electron chi connectivity index (χ2n) is 17.8. The standard InChI is InChI=1S/C62H41F6N3/c1-38-13-17-40(18-14-38)46-25-31-57-53(33-46)54-34-47(41-19-15-39(2)16-20-41)26-32-58(54)71(57)59-51(42-21-27-49(28-22-42)61(63,64)65)35-48(36-52(59)43-23-29-50(30-24-43)62(66,67)68)56-37-55(44-9-5-3-6-10-44)69-60(70-56)45-11-7-4-8-12-45/h3-37H,1-2H3. The van der Waals surface area contributed by atoms with E-state index < -0.39 is 23.5 Å². The maximum absolute atomic E-state index is 14.3. The molecule has 0 aliphatic carbocycles. The molecular formula is C62H41F6N3. The van der Waals surface area contributed by atoms with Gasteiger partial charge < -0.3 is 4.57 Å². The number of aryl methyl sites for hydroxylation is 2. The first-order valence-corrected chi connectivity index (χ1v) is 23.0. The van der Waals surface area contributed by atoms with Crippen LogP contribution in [0.5, 0.6) is 0 Å². The Morgan fingerprint density at radius 3 is 1.14 bits per heavy atom. The van der Waals surface area contributed by atoms with Gasteiger partial charge >= 0.3 is 12.4 Å². The van der Waals surface area contributed by atoms with E-state index in [9.17, 15) is 26.3 Å². The van der Waals surface area contributed by atoms with Gasteiger partial charge in [-0.2, -0.15) is 26.3 Å². The zero-order valence-electron chi connectivity index (χ0n) is 38.3. The summed E-state index contributed by atoms with van der Waals surface area (Å²) in [5.41, 5.74) is 12.0. The number of halogens is 6. The fourth-order valence-electron chi connectivity index (χ4n) is 9.32. The van der Waals surface area contributed by atoms with Crippen LogP contribution in [0.15, 0.2) is 212 Å². The van der Waals surface area contributed by atoms with Gasteiger partial charge in [0, 0.05) is 38.6 Å². The van der Waals surface area contributed by atoms with Gasteiger partial charge in [-0.25, -0.2) is 9.97 Å². The van der Waals surface area contributed by atoms with Gasteiger partial charge in [-0.1, -0.05) is 157 Å². The first-order chi connectivity index (χ1) is 34.2. The van der Waals surface area contributed by atoms with E-state index in [2.05, 4.69) is 65.2 Å². The fourth-order valence-corrected chi connectivity index (χ4v) is 9.32. The van der Waals surface area contributed by atoms with Crippen molar-refractivity contribution in [2.75, 3.05) is 0 Å². The summed E-state index contributed by atoms with van der Waals surface area (Å²) in [7, 11) is 0. The quantitative estimate of drug-likeness (QED) is 0.142. The molecule has 71 heavy (non-hydrogen) atoms. The highest BCUT2D eigenvalue weighted by molar-refractivity contribution is 6.13. The van der Waals surface area contributed by atoms with Crippen LogP contribution in [-0.4, -0.2) is 14.5 Å². The predicted molar refractivity (Wildman–Crippen MR) is 274 cm³/mol. The van der Waals surface area contributed by atoms with Crippen molar-refractivity contribution >= 4 is 21.8 Å². The molecule has 9 aromatic carbocycles. The monoisotopic (exact) mass is 941 g/mol. The highest BCUT2D eigenvalue weighted by Gasteiger charge is 2.32. The Bertz CT molecular complexity index is 3510. The lowest BCUT2D eigenvalue weighted by atomic mass is 9.90. The van der Waals surface area contributed by atoms with Gasteiger partial charge in [0.05, 0.1) is 39.2 Å². The fraction of sp³-hybridized carbons (Fsp3) is 0.0645. The van der Waals surface area contributed by atoms with Crippen molar-refractivity contribution in [2.24, 2.45) is 0 Å². The molecule has 0 atom stereocenters. The van der Waals surface area contributed by atoms with E-state index in [1.165, 1.54) is 24.3 Å². The third-order valence-corrected chi connectivity index (χ3v) is 13.0. The molecule has 0 aliphatic rings. The second-order valence-corrected chi connectivity index (χ2v) is 17.8. The van der Waals surface area contributed by atoms with E-state index in [0.717, 1.165) is 90.6 Å². The van der Waals surface area contributed by atoms with Gasteiger partial charge in [0.2, 0.25) is 0 Å². The minimum Gasteiger partial charge on any atom is -0.308 e. The minimum absolute atomic E-state index is 0.439. The Balaban J connectivity index is 1.26. The second kappa shape index (κ2) is 17.8. The molecule has 0 amide bonds. The molecule has 0 N–H and O–H groups in total. The third-order valence-electron chi connectivity index (χ3n) is 13.0. The lowest BCUT2D eigenvalue weighted by molar-refractivity contribution is -0.138. The van der Waals surface area contributed by atoms with Crippen molar-refractivity contribution in [3.8, 4) is 84.1 Å². The summed E-state index contributed by atoms with van der Waals surface area (Å²) in [4.78, 5) is 10.1. The van der Waals surface area contributed by atoms with Crippen molar-refractivity contribution in [3.05, 3.63) is 235 Å². The van der Waals surface area contributed by atoms with Crippen LogP contribution in [0.3, 0.4) is 0 Å². The van der Waals surface area contributed by atoms with Gasteiger partial charge in [-0.3, -0.25) is 0 Å². The average Bonchev–Trinajstić information content (AvgIpc) is 3.71. The highest BCUT2D eigenvalue weighted by atomic mass is 19.4. The molecule has 2 aromatic heterocycles. The van der Waals surface area contributed by atoms with Crippen LogP contribution in [-0.2, 0) is 12.4 Å². The molecule has 0 radical (unpaired) electrons. The predicted octanol–water partition coefficient (Wildman–Crippen LogP) is 17.9. The van der Waals surface area contributed by atoms with Crippen molar-refractivity contribution in [1.82, 2.24) is 14.5 Å². The average molecular weight is 942 g/mol. The first kappa shape index (κ1) is 44.9. The van der Waals surface area contributed by atoms with Crippen LogP contribution in [0.25, 0.3) is 106 Å². The van der Waals surface area contributed by atoms with Crippen LogP contribution in [0, 0.1) is 13.8 Å². The number of alkyl halides is 6. The van der Waals surface area contributed by atoms with Gasteiger partial charge in [0.25, 0.3) is 0 Å². The molecule has 11 rings (SSSR count). The lowest BCUT2D eigenvalue weighted by Crippen LogP contribution is -2.06. The van der Waals surface area contributed by atoms with E-state index in [4.69, 9.17) is 9.97 Å². The number of hydrogen-bond donors (Lipinski definition) is 0. The summed E-state index contributed by atoms with van der Waals surface area (Å²) in [5.74, 6) is 0.439. The van der Waals surface area contributed by atoms with Crippen LogP contribution >= 0.6 is 0 Å². The SMILES string of the molecule is Cc1ccc(-c2ccc3c(c2)c2cc(-c4ccc(C)cc4)ccc2n3-c2c(-c3ccc(C(F)(F)F)cc3)cc(-c3cc(-c4ccccc4)nc(-c4ccccc4)n3)cc2-c2ccc(C(F)(F)F)cc2)cc1. The van der Waals surface area contributed by atoms with Gasteiger partial charge in [0.15, 0.2) is 5.82 Å². The maximum Gasteiger partial charge on any atom is 0.416 e. The Morgan fingerprint density at radius 2 is 0.718 bits per heavy atom. The molecule has 0 saturated heterocycles. The van der Waals surface area contributed by atoms with Gasteiger partial charge in [-0.15, -0.1) is 0 Å². The number of hydrogen-bond acceptors (Lipinski definition) is 2. The summed E-state index contributed by atoms with van der Waals surface area (Å²) in [6.45, 7) is 4.08. The van der Waals surface area contributed by atoms with Crippen LogP contribution in [0.1, 0.15) is 22.3 Å². The number of benzene rings is 9. The Hall–Kier alpha value is -8.56. The van der Waals surface area contributed by atoms with E-state index >= 15 is 0 Å². The topological polar surface area (TPSA) is 30.7 Å². The van der Waals surface area contributed by atoms with Crippen molar-refractivity contribution in [2.45, 2.75) is 26.2 Å². The number of nitrogens with zero attached hydrogens (tertiary/aromatic N) is 3. The minimum atomic E-state index is -4.60. The molecule has 0 bridgehead atoms. The summed E-state index contributed by atoms with van der Waals surface area (Å²) in [6.07, 6.45) is -9.21. The zero-order chi connectivity index (χ0) is 49.0.